The fourth-order valence-electron chi connectivity index (χ4n) is 6.77. The molecule has 23 heavy (non-hydrogen) atoms. The van der Waals surface area contributed by atoms with Gasteiger partial charge >= 0.3 is 0 Å². The first-order chi connectivity index (χ1) is 10.7. The Kier molecular flexibility index (Phi) is 3.50. The van der Waals surface area contributed by atoms with Crippen LogP contribution in [0.4, 0.5) is 0 Å². The number of thiol groups is 3. The smallest absolute Gasteiger partial charge is 0.139 e. The minimum Gasteiger partial charge on any atom is -0.391 e. The summed E-state index contributed by atoms with van der Waals surface area (Å²) in [7, 11) is 0. The van der Waals surface area contributed by atoms with Crippen LogP contribution in [0.15, 0.2) is 12.7 Å². The number of aliphatic hydroxyl groups excluding tert-OH is 1. The summed E-state index contributed by atoms with van der Waals surface area (Å²) in [4.78, 5) is 12.8. The molecular weight excluding hydrogens is 344 g/mol. The van der Waals surface area contributed by atoms with Crippen molar-refractivity contribution < 1.29 is 9.90 Å². The molecule has 4 rings (SSSR count). The van der Waals surface area contributed by atoms with Crippen LogP contribution in [0.5, 0.6) is 0 Å². The Morgan fingerprint density at radius 2 is 2.00 bits per heavy atom. The molecule has 128 valence electrons. The predicted octanol–water partition coefficient (Wildman–Crippen LogP) is 3.36. The lowest BCUT2D eigenvalue weighted by molar-refractivity contribution is -0.210. The fourth-order valence-corrected chi connectivity index (χ4v) is 8.42. The fraction of sp³-hybridized carbons (Fsp3) is 0.833. The lowest BCUT2D eigenvalue weighted by atomic mass is 9.34. The van der Waals surface area contributed by atoms with Gasteiger partial charge in [-0.15, -0.1) is 6.58 Å². The minimum absolute atomic E-state index is 0.00394. The Bertz CT molecular complexity index is 595. The van der Waals surface area contributed by atoms with Gasteiger partial charge in [0, 0.05) is 21.8 Å². The van der Waals surface area contributed by atoms with Crippen molar-refractivity contribution in [2.75, 3.05) is 0 Å². The van der Waals surface area contributed by atoms with Gasteiger partial charge in [0.05, 0.1) is 10.9 Å². The second kappa shape index (κ2) is 4.77. The van der Waals surface area contributed by atoms with Crippen LogP contribution in [-0.2, 0) is 4.79 Å². The Labute approximate surface area is 155 Å². The van der Waals surface area contributed by atoms with Crippen molar-refractivity contribution in [3.63, 3.8) is 0 Å². The maximum absolute atomic E-state index is 12.8. The molecule has 0 amide bonds. The third kappa shape index (κ3) is 1.73. The molecule has 0 aromatic carbocycles. The van der Waals surface area contributed by atoms with Crippen LogP contribution in [0.2, 0.25) is 0 Å². The Balaban J connectivity index is 1.86. The Morgan fingerprint density at radius 1 is 1.30 bits per heavy atom. The standard InChI is InChI=1S/C18H26O2S3/c1-3-17(22)6-7-18(23)12(21)8-16-9-15(14(16)18,5-4-11(16)19)10(2)13(17)20/h3,10,12-14,20-23H,1,4-9H2,2H3/t10-,12?,13?,14?,15?,16?,17-,18-/m0/s1. The zero-order chi connectivity index (χ0) is 16.8. The van der Waals surface area contributed by atoms with Crippen LogP contribution in [0.3, 0.4) is 0 Å². The van der Waals surface area contributed by atoms with Crippen molar-refractivity contribution in [2.24, 2.45) is 22.7 Å². The summed E-state index contributed by atoms with van der Waals surface area (Å²) in [5.41, 5.74) is -0.213. The van der Waals surface area contributed by atoms with Crippen LogP contribution >= 0.6 is 37.9 Å². The van der Waals surface area contributed by atoms with Gasteiger partial charge in [0.2, 0.25) is 0 Å². The van der Waals surface area contributed by atoms with E-state index in [9.17, 15) is 9.90 Å². The molecule has 2 spiro atoms. The molecule has 5 unspecified atom stereocenters. The Morgan fingerprint density at radius 3 is 2.65 bits per heavy atom. The molecule has 8 atom stereocenters. The third-order valence-electron chi connectivity index (χ3n) is 7.95. The van der Waals surface area contributed by atoms with Crippen LogP contribution in [0, 0.1) is 22.7 Å². The highest BCUT2D eigenvalue weighted by Gasteiger charge is 2.80. The molecule has 5 heteroatoms. The molecule has 4 saturated carbocycles. The normalized spacial score (nSPS) is 61.2. The van der Waals surface area contributed by atoms with Crippen LogP contribution in [0.25, 0.3) is 0 Å². The van der Waals surface area contributed by atoms with Gasteiger partial charge in [0.25, 0.3) is 0 Å². The average Bonchev–Trinajstić information content (AvgIpc) is 2.69. The van der Waals surface area contributed by atoms with Gasteiger partial charge in [-0.3, -0.25) is 4.79 Å². The number of rotatable bonds is 1. The first-order valence-corrected chi connectivity index (χ1v) is 10.1. The van der Waals surface area contributed by atoms with Gasteiger partial charge in [0.1, 0.15) is 5.78 Å². The van der Waals surface area contributed by atoms with E-state index in [0.29, 0.717) is 12.2 Å². The number of ketones is 1. The van der Waals surface area contributed by atoms with Crippen LogP contribution < -0.4 is 0 Å². The lowest BCUT2D eigenvalue weighted by Crippen LogP contribution is -2.71. The zero-order valence-electron chi connectivity index (χ0n) is 13.5. The van der Waals surface area contributed by atoms with Crippen molar-refractivity contribution in [3.05, 3.63) is 12.7 Å². The predicted molar refractivity (Wildman–Crippen MR) is 103 cm³/mol. The number of Topliss-reactive ketones (excluding diaryl/α,β-unsaturated/α-hetero) is 1. The highest BCUT2D eigenvalue weighted by molar-refractivity contribution is 7.86. The molecule has 1 N–H and O–H groups in total. The van der Waals surface area contributed by atoms with E-state index in [2.05, 4.69) is 13.5 Å². The van der Waals surface area contributed by atoms with E-state index in [-0.39, 0.29) is 32.7 Å². The van der Waals surface area contributed by atoms with Gasteiger partial charge in [-0.05, 0) is 49.4 Å². The van der Waals surface area contributed by atoms with Crippen molar-refractivity contribution >= 4 is 43.7 Å². The zero-order valence-corrected chi connectivity index (χ0v) is 16.2. The first kappa shape index (κ1) is 16.9. The first-order valence-electron chi connectivity index (χ1n) is 8.64. The molecule has 0 aromatic heterocycles. The molecular formula is C18H26O2S3. The van der Waals surface area contributed by atoms with E-state index in [0.717, 1.165) is 32.1 Å². The van der Waals surface area contributed by atoms with Gasteiger partial charge in [-0.2, -0.15) is 37.9 Å². The summed E-state index contributed by atoms with van der Waals surface area (Å²) in [5.74, 6) is 0.763. The number of carbonyl (C=O) groups is 1. The average molecular weight is 371 g/mol. The van der Waals surface area contributed by atoms with E-state index >= 15 is 0 Å². The molecule has 4 aliphatic carbocycles. The van der Waals surface area contributed by atoms with Crippen molar-refractivity contribution in [2.45, 2.75) is 66.3 Å². The molecule has 0 aromatic rings. The summed E-state index contributed by atoms with van der Waals surface area (Å²) in [6.45, 7) is 6.08. The van der Waals surface area contributed by atoms with Gasteiger partial charge in [0.15, 0.2) is 0 Å². The number of aliphatic hydroxyl groups is 1. The summed E-state index contributed by atoms with van der Waals surface area (Å²) in [6, 6.07) is 0. The molecule has 0 radical (unpaired) electrons. The minimum atomic E-state index is -0.593. The molecule has 4 aliphatic rings. The number of hydrogen-bond donors (Lipinski definition) is 4. The summed E-state index contributed by atoms with van der Waals surface area (Å²) in [6.07, 6.45) is 6.09. The molecule has 0 aliphatic heterocycles. The summed E-state index contributed by atoms with van der Waals surface area (Å²) in [5, 5.41) is 11.2. The number of carbonyl (C=O) groups excluding carboxylic acids is 1. The second-order valence-electron chi connectivity index (χ2n) is 8.56. The summed E-state index contributed by atoms with van der Waals surface area (Å²) < 4.78 is -0.840. The number of hydrogen-bond acceptors (Lipinski definition) is 5. The van der Waals surface area contributed by atoms with Crippen molar-refractivity contribution in [1.82, 2.24) is 0 Å². The van der Waals surface area contributed by atoms with Gasteiger partial charge in [-0.1, -0.05) is 13.0 Å². The van der Waals surface area contributed by atoms with Gasteiger partial charge in [-0.25, -0.2) is 0 Å². The summed E-state index contributed by atoms with van der Waals surface area (Å²) >= 11 is 14.8. The van der Waals surface area contributed by atoms with E-state index in [1.807, 2.05) is 0 Å². The van der Waals surface area contributed by atoms with Crippen molar-refractivity contribution in [1.29, 1.82) is 0 Å². The Hall–Kier alpha value is 0.420. The molecule has 2 bridgehead atoms. The van der Waals surface area contributed by atoms with E-state index < -0.39 is 10.9 Å². The molecule has 2 nitrogen and oxygen atoms in total. The third-order valence-corrected chi connectivity index (χ3v) is 10.3. The highest BCUT2D eigenvalue weighted by atomic mass is 32.1. The quantitative estimate of drug-likeness (QED) is 0.422. The molecule has 4 fully saturated rings. The topological polar surface area (TPSA) is 37.3 Å². The van der Waals surface area contributed by atoms with E-state index in [4.69, 9.17) is 37.9 Å². The van der Waals surface area contributed by atoms with Crippen LogP contribution in [0.1, 0.15) is 45.4 Å². The monoisotopic (exact) mass is 370 g/mol. The SMILES string of the molecule is C=C[C@]1(S)CC[C@]2(S)C(S)CC34CC(CCC3=O)(C42)[C@@H](C)C1O. The van der Waals surface area contributed by atoms with E-state index in [1.54, 1.807) is 6.08 Å². The van der Waals surface area contributed by atoms with Crippen molar-refractivity contribution in [3.8, 4) is 0 Å². The van der Waals surface area contributed by atoms with Crippen LogP contribution in [-0.4, -0.2) is 31.7 Å². The van der Waals surface area contributed by atoms with E-state index in [1.165, 1.54) is 0 Å². The maximum atomic E-state index is 12.8. The molecule has 0 heterocycles. The second-order valence-corrected chi connectivity index (χ2v) is 10.9. The lowest BCUT2D eigenvalue weighted by Gasteiger charge is -2.70. The molecule has 0 saturated heterocycles. The van der Waals surface area contributed by atoms with Gasteiger partial charge < -0.3 is 5.11 Å². The largest absolute Gasteiger partial charge is 0.391 e. The maximum Gasteiger partial charge on any atom is 0.139 e. The highest BCUT2D eigenvalue weighted by Crippen LogP contribution is 2.80.